The monoisotopic (exact) mass is 328 g/mol. The molecule has 1 aromatic carbocycles. The number of para-hydroxylation sites is 1. The molecule has 0 saturated heterocycles. The van der Waals surface area contributed by atoms with E-state index in [9.17, 15) is 4.79 Å². The van der Waals surface area contributed by atoms with Gasteiger partial charge in [-0.2, -0.15) is 10.2 Å². The molecule has 3 aromatic rings. The van der Waals surface area contributed by atoms with Crippen LogP contribution >= 0.6 is 0 Å². The van der Waals surface area contributed by atoms with Crippen LogP contribution in [0.25, 0.3) is 11.4 Å². The van der Waals surface area contributed by atoms with Crippen LogP contribution in [-0.2, 0) is 0 Å². The van der Waals surface area contributed by atoms with Gasteiger partial charge in [0.15, 0.2) is 17.3 Å². The summed E-state index contributed by atoms with van der Waals surface area (Å²) in [6, 6.07) is 6.76. The summed E-state index contributed by atoms with van der Waals surface area (Å²) in [7, 11) is 1.49. The number of hydrogen-bond donors (Lipinski definition) is 3. The molecule has 2 aromatic heterocycles. The summed E-state index contributed by atoms with van der Waals surface area (Å²) < 4.78 is 27.0. The first-order valence-corrected chi connectivity index (χ1v) is 6.83. The highest BCUT2D eigenvalue weighted by atomic mass is 16.5. The van der Waals surface area contributed by atoms with Crippen molar-refractivity contribution in [2.45, 2.75) is 0 Å². The minimum absolute atomic E-state index is 0.168. The van der Waals surface area contributed by atoms with Gasteiger partial charge in [-0.05, 0) is 18.2 Å². The molecule has 1 amide bonds. The van der Waals surface area contributed by atoms with Crippen LogP contribution in [0, 0.1) is 0 Å². The molecule has 0 atom stereocenters. The number of H-pyrrole nitrogens is 1. The van der Waals surface area contributed by atoms with E-state index < -0.39 is 12.9 Å². The minimum atomic E-state index is -2.64. The van der Waals surface area contributed by atoms with E-state index in [1.165, 1.54) is 25.7 Å². The number of anilines is 2. The summed E-state index contributed by atoms with van der Waals surface area (Å²) in [6.07, 6.45) is 2.82. The normalized spacial score (nSPS) is 12.6. The van der Waals surface area contributed by atoms with Crippen molar-refractivity contribution in [3.63, 3.8) is 0 Å². The Morgan fingerprint density at radius 3 is 3.00 bits per heavy atom. The molecule has 0 radical (unpaired) electrons. The number of aromatic nitrogens is 5. The molecule has 0 spiro atoms. The van der Waals surface area contributed by atoms with E-state index in [1.54, 1.807) is 18.2 Å². The summed E-state index contributed by atoms with van der Waals surface area (Å²) in [4.78, 5) is 16.3. The zero-order valence-corrected chi connectivity index (χ0v) is 12.6. The number of ether oxygens (including phenoxy) is 1. The number of carbonyl (C=O) groups excluding carboxylic acids is 1. The van der Waals surface area contributed by atoms with Gasteiger partial charge < -0.3 is 15.4 Å². The van der Waals surface area contributed by atoms with E-state index in [-0.39, 0.29) is 11.4 Å². The summed E-state index contributed by atoms with van der Waals surface area (Å²) in [6.45, 7) is -2.64. The first kappa shape index (κ1) is 12.0. The Labute approximate surface area is 141 Å². The van der Waals surface area contributed by atoms with Crippen LogP contribution < -0.4 is 15.4 Å². The van der Waals surface area contributed by atoms with Gasteiger partial charge >= 0.3 is 0 Å². The number of hydrogen-bond acceptors (Lipinski definition) is 7. The molecule has 0 bridgehead atoms. The predicted molar refractivity (Wildman–Crippen MR) is 87.1 cm³/mol. The third kappa shape index (κ3) is 2.86. The molecule has 24 heavy (non-hydrogen) atoms. The quantitative estimate of drug-likeness (QED) is 0.647. The smallest absolute Gasteiger partial charge is 0.273 e. The van der Waals surface area contributed by atoms with E-state index >= 15 is 0 Å². The molecule has 0 aliphatic carbocycles. The van der Waals surface area contributed by atoms with Crippen LogP contribution in [0.1, 0.15) is 14.6 Å². The van der Waals surface area contributed by atoms with E-state index in [4.69, 9.17) is 8.85 Å². The van der Waals surface area contributed by atoms with Gasteiger partial charge in [0.25, 0.3) is 5.91 Å². The average molecular weight is 328 g/mol. The minimum Gasteiger partial charge on any atom is -0.494 e. The molecule has 2 heterocycles. The fourth-order valence-electron chi connectivity index (χ4n) is 2.17. The molecule has 9 heteroatoms. The second kappa shape index (κ2) is 6.73. The van der Waals surface area contributed by atoms with Gasteiger partial charge in [-0.1, -0.05) is 6.07 Å². The van der Waals surface area contributed by atoms with E-state index in [0.29, 0.717) is 22.8 Å². The lowest BCUT2D eigenvalue weighted by atomic mass is 10.1. The fourth-order valence-corrected chi connectivity index (χ4v) is 2.17. The summed E-state index contributed by atoms with van der Waals surface area (Å²) in [5, 5.41) is 19.0. The Balaban J connectivity index is 1.97. The van der Waals surface area contributed by atoms with Crippen molar-refractivity contribution in [1.29, 1.82) is 0 Å². The lowest BCUT2D eigenvalue weighted by Crippen LogP contribution is -2.21. The highest BCUT2D eigenvalue weighted by Crippen LogP contribution is 2.36. The van der Waals surface area contributed by atoms with Crippen LogP contribution in [0.4, 0.5) is 11.4 Å². The summed E-state index contributed by atoms with van der Waals surface area (Å²) >= 11 is 0. The number of amides is 1. The highest BCUT2D eigenvalue weighted by Gasteiger charge is 2.17. The van der Waals surface area contributed by atoms with Crippen LogP contribution in [0.3, 0.4) is 0 Å². The van der Waals surface area contributed by atoms with Gasteiger partial charge in [0.05, 0.1) is 30.2 Å². The number of nitrogens with zero attached hydrogens (tertiary/aromatic N) is 4. The largest absolute Gasteiger partial charge is 0.494 e. The number of rotatable bonds is 5. The van der Waals surface area contributed by atoms with Crippen molar-refractivity contribution in [1.82, 2.24) is 30.7 Å². The van der Waals surface area contributed by atoms with Crippen LogP contribution in [0.5, 0.6) is 5.75 Å². The SMILES string of the molecule is [2H]C([2H])([2H])NC(=O)c1nnccc1Nc1cccc(-c2nc[nH]n2)c1OC. The third-order valence-corrected chi connectivity index (χ3v) is 3.19. The Kier molecular flexibility index (Phi) is 3.37. The number of aromatic amines is 1. The molecule has 0 fully saturated rings. The molecular weight excluding hydrogens is 310 g/mol. The van der Waals surface area contributed by atoms with E-state index in [1.807, 2.05) is 5.32 Å². The van der Waals surface area contributed by atoms with E-state index in [2.05, 4.69) is 30.7 Å². The molecule has 3 rings (SSSR count). The maximum atomic E-state index is 12.2. The Morgan fingerprint density at radius 1 is 1.33 bits per heavy atom. The summed E-state index contributed by atoms with van der Waals surface area (Å²) in [5.41, 5.74) is 1.23. The van der Waals surface area contributed by atoms with Gasteiger partial charge in [-0.15, -0.1) is 5.10 Å². The Morgan fingerprint density at radius 2 is 2.25 bits per heavy atom. The van der Waals surface area contributed by atoms with Crippen LogP contribution in [-0.4, -0.2) is 45.4 Å². The molecule has 3 N–H and O–H groups in total. The number of nitrogens with one attached hydrogen (secondary N) is 3. The van der Waals surface area contributed by atoms with Crippen molar-refractivity contribution in [2.75, 3.05) is 19.4 Å². The van der Waals surface area contributed by atoms with Crippen molar-refractivity contribution < 1.29 is 13.6 Å². The molecule has 0 saturated carbocycles. The highest BCUT2D eigenvalue weighted by molar-refractivity contribution is 5.98. The maximum absolute atomic E-state index is 12.2. The molecule has 122 valence electrons. The molecular formula is C15H15N7O2. The van der Waals surface area contributed by atoms with Crippen LogP contribution in [0.2, 0.25) is 0 Å². The second-order valence-corrected chi connectivity index (χ2v) is 4.58. The predicted octanol–water partition coefficient (Wildman–Crippen LogP) is 1.37. The van der Waals surface area contributed by atoms with Crippen LogP contribution in [0.15, 0.2) is 36.8 Å². The average Bonchev–Trinajstić information content (AvgIpc) is 3.15. The van der Waals surface area contributed by atoms with Gasteiger partial charge in [0, 0.05) is 11.1 Å². The lowest BCUT2D eigenvalue weighted by Gasteiger charge is -2.15. The lowest BCUT2D eigenvalue weighted by molar-refractivity contribution is 0.0958. The van der Waals surface area contributed by atoms with Crippen molar-refractivity contribution >= 4 is 17.3 Å². The number of carbonyl (C=O) groups is 1. The molecule has 0 unspecified atom stereocenters. The van der Waals surface area contributed by atoms with Gasteiger partial charge in [0.1, 0.15) is 6.33 Å². The first-order valence-electron chi connectivity index (χ1n) is 8.33. The van der Waals surface area contributed by atoms with Gasteiger partial charge in [0.2, 0.25) is 0 Å². The summed E-state index contributed by atoms with van der Waals surface area (Å²) in [5.74, 6) is -0.00509. The number of benzene rings is 1. The fraction of sp³-hybridized carbons (Fsp3) is 0.133. The van der Waals surface area contributed by atoms with Gasteiger partial charge in [-0.3, -0.25) is 9.89 Å². The zero-order valence-electron chi connectivity index (χ0n) is 15.6. The zero-order chi connectivity index (χ0) is 19.4. The Hall–Kier alpha value is -3.49. The third-order valence-electron chi connectivity index (χ3n) is 3.19. The first-order chi connectivity index (χ1) is 12.9. The molecule has 9 nitrogen and oxygen atoms in total. The standard InChI is InChI=1S/C15H15N7O2/c1-16-15(23)12-10(6-7-18-21-12)20-11-5-3-4-9(13(11)24-2)14-17-8-19-22-14/h3-8H,1-2H3,(H,16,23)(H,18,20)(H,17,19,22)/i1D3. The molecule has 0 aliphatic rings. The van der Waals surface area contributed by atoms with Crippen molar-refractivity contribution in [2.24, 2.45) is 0 Å². The second-order valence-electron chi connectivity index (χ2n) is 4.58. The van der Waals surface area contributed by atoms with Gasteiger partial charge in [-0.25, -0.2) is 4.98 Å². The Bertz CT molecular complexity index is 945. The van der Waals surface area contributed by atoms with Crippen molar-refractivity contribution in [3.05, 3.63) is 42.5 Å². The topological polar surface area (TPSA) is 118 Å². The van der Waals surface area contributed by atoms with E-state index in [0.717, 1.165) is 0 Å². The maximum Gasteiger partial charge on any atom is 0.273 e. The number of methoxy groups -OCH3 is 1. The van der Waals surface area contributed by atoms with Crippen molar-refractivity contribution in [3.8, 4) is 17.1 Å². The molecule has 0 aliphatic heterocycles.